The van der Waals surface area contributed by atoms with Crippen LogP contribution in [0.4, 0.5) is 0 Å². The Labute approximate surface area is 217 Å². The van der Waals surface area contributed by atoms with E-state index in [4.69, 9.17) is 18.9 Å². The van der Waals surface area contributed by atoms with Gasteiger partial charge in [0.05, 0.1) is 17.6 Å². The first-order valence-electron chi connectivity index (χ1n) is 14.9. The predicted molar refractivity (Wildman–Crippen MR) is 135 cm³/mol. The van der Waals surface area contributed by atoms with Gasteiger partial charge in [0.2, 0.25) is 0 Å². The van der Waals surface area contributed by atoms with E-state index in [-0.39, 0.29) is 23.2 Å². The molecule has 2 bridgehead atoms. The molecule has 2 saturated heterocycles. The smallest absolute Gasteiger partial charge is 0.306 e. The summed E-state index contributed by atoms with van der Waals surface area (Å²) in [5.41, 5.74) is 0.203. The molecule has 0 radical (unpaired) electrons. The summed E-state index contributed by atoms with van der Waals surface area (Å²) in [5, 5.41) is 9.90. The van der Waals surface area contributed by atoms with E-state index in [9.17, 15) is 9.90 Å². The fourth-order valence-electron chi connectivity index (χ4n) is 10.7. The fraction of sp³-hybridized carbons (Fsp3) is 0.967. The number of carboxylic acid groups (broad SMARTS) is 1. The van der Waals surface area contributed by atoms with Crippen molar-refractivity contribution in [2.75, 3.05) is 13.7 Å². The van der Waals surface area contributed by atoms with Crippen LogP contribution in [0.3, 0.4) is 0 Å². The van der Waals surface area contributed by atoms with Gasteiger partial charge in [-0.2, -0.15) is 0 Å². The number of carboxylic acids is 1. The molecule has 0 aromatic heterocycles. The first kappa shape index (κ1) is 25.6. The van der Waals surface area contributed by atoms with E-state index in [0.29, 0.717) is 35.2 Å². The molecule has 204 valence electrons. The number of hydrogen-bond acceptors (Lipinski definition) is 5. The molecule has 36 heavy (non-hydrogen) atoms. The normalized spacial score (nSPS) is 53.1. The van der Waals surface area contributed by atoms with Crippen molar-refractivity contribution in [3.8, 4) is 0 Å². The molecular weight excluding hydrogens is 456 g/mol. The van der Waals surface area contributed by atoms with Gasteiger partial charge in [-0.15, -0.1) is 0 Å². The molecule has 2 heterocycles. The molecule has 0 amide bonds. The van der Waals surface area contributed by atoms with Crippen molar-refractivity contribution in [2.45, 2.75) is 122 Å². The summed E-state index contributed by atoms with van der Waals surface area (Å²) < 4.78 is 25.4. The molecule has 6 heteroatoms. The van der Waals surface area contributed by atoms with Gasteiger partial charge in [0.15, 0.2) is 12.6 Å². The van der Waals surface area contributed by atoms with Gasteiger partial charge in [-0.3, -0.25) is 4.79 Å². The van der Waals surface area contributed by atoms with Gasteiger partial charge in [-0.05, 0) is 106 Å². The predicted octanol–water partition coefficient (Wildman–Crippen LogP) is 6.02. The minimum Gasteiger partial charge on any atom is -0.481 e. The van der Waals surface area contributed by atoms with E-state index < -0.39 is 18.2 Å². The third kappa shape index (κ3) is 3.60. The van der Waals surface area contributed by atoms with E-state index in [1.165, 1.54) is 38.5 Å². The highest BCUT2D eigenvalue weighted by Crippen LogP contribution is 2.73. The lowest BCUT2D eigenvalue weighted by atomic mass is 9.42. The van der Waals surface area contributed by atoms with Crippen LogP contribution in [0.25, 0.3) is 0 Å². The summed E-state index contributed by atoms with van der Waals surface area (Å²) in [7, 11) is 1.71. The number of aliphatic carboxylic acids is 1. The lowest BCUT2D eigenvalue weighted by Gasteiger charge is -2.67. The minimum atomic E-state index is -0.729. The van der Waals surface area contributed by atoms with Crippen LogP contribution in [-0.2, 0) is 23.7 Å². The van der Waals surface area contributed by atoms with Gasteiger partial charge >= 0.3 is 5.97 Å². The van der Waals surface area contributed by atoms with E-state index in [2.05, 4.69) is 13.8 Å². The van der Waals surface area contributed by atoms with E-state index in [1.54, 1.807) is 7.11 Å². The summed E-state index contributed by atoms with van der Waals surface area (Å²) in [5.74, 6) is 1.01. The van der Waals surface area contributed by atoms with Crippen LogP contribution in [-0.4, -0.2) is 49.1 Å². The van der Waals surface area contributed by atoms with Crippen molar-refractivity contribution in [2.24, 2.45) is 46.3 Å². The van der Waals surface area contributed by atoms with Crippen molar-refractivity contribution in [3.63, 3.8) is 0 Å². The van der Waals surface area contributed by atoms with Crippen LogP contribution in [0.5, 0.6) is 0 Å². The van der Waals surface area contributed by atoms with Crippen molar-refractivity contribution in [1.82, 2.24) is 0 Å². The maximum atomic E-state index is 12.0. The molecular formula is C30H48O6. The lowest BCUT2D eigenvalue weighted by Crippen LogP contribution is -2.68. The van der Waals surface area contributed by atoms with E-state index >= 15 is 0 Å². The monoisotopic (exact) mass is 504 g/mol. The van der Waals surface area contributed by atoms with Crippen molar-refractivity contribution in [1.29, 1.82) is 0 Å². The highest BCUT2D eigenvalue weighted by molar-refractivity contribution is 5.70. The zero-order chi connectivity index (χ0) is 25.3. The summed E-state index contributed by atoms with van der Waals surface area (Å²) in [6.45, 7) is 7.73. The number of fused-ring (bicyclic) bond motifs is 3. The van der Waals surface area contributed by atoms with Gasteiger partial charge in [0.1, 0.15) is 0 Å². The fourth-order valence-corrected chi connectivity index (χ4v) is 10.7. The SMILES string of the molecule is COC1O[C@@]23CC[C@H](C1C(C)C(=O)O)[C@@]2(C)CC[C@H]1[C@H]3CCC2CC(OC3CCCCO3)CC[C@@]21C. The molecule has 0 spiro atoms. The van der Waals surface area contributed by atoms with Crippen LogP contribution in [0.2, 0.25) is 0 Å². The minimum absolute atomic E-state index is 0.0110. The molecule has 6 rings (SSSR count). The van der Waals surface area contributed by atoms with Crippen LogP contribution in [0, 0.1) is 46.3 Å². The Morgan fingerprint density at radius 2 is 1.78 bits per heavy atom. The molecule has 6 fully saturated rings. The molecule has 6 aliphatic rings. The van der Waals surface area contributed by atoms with E-state index in [1.807, 2.05) is 6.92 Å². The van der Waals surface area contributed by atoms with Crippen molar-refractivity contribution < 1.29 is 28.8 Å². The standard InChI is InChI=1S/C30H48O6/c1-18(26(31)32)25-23-12-15-30(36-27(25)33-4)22-9-8-19-17-20(35-24-7-5-6-16-34-24)10-13-28(19,2)21(22)11-14-29(23,30)3/h18-25,27H,5-17H2,1-4H3,(H,31,32)/t18?,19?,20?,21-,22+,23+,24?,25?,27?,28-,29+,30+/m0/s1. The number of methoxy groups -OCH3 is 1. The average Bonchev–Trinajstić information content (AvgIpc) is 3.04. The quantitative estimate of drug-likeness (QED) is 0.462. The molecule has 12 atom stereocenters. The van der Waals surface area contributed by atoms with Gasteiger partial charge < -0.3 is 24.1 Å². The number of ether oxygens (including phenoxy) is 4. The molecule has 2 aliphatic heterocycles. The first-order chi connectivity index (χ1) is 17.2. The average molecular weight is 505 g/mol. The Morgan fingerprint density at radius 3 is 2.50 bits per heavy atom. The zero-order valence-electron chi connectivity index (χ0n) is 22.9. The largest absolute Gasteiger partial charge is 0.481 e. The molecule has 6 nitrogen and oxygen atoms in total. The van der Waals surface area contributed by atoms with Crippen LogP contribution in [0.1, 0.15) is 97.8 Å². The summed E-state index contributed by atoms with van der Waals surface area (Å²) in [6.07, 6.45) is 13.9. The Balaban J connectivity index is 1.23. The van der Waals surface area contributed by atoms with Gasteiger partial charge in [-0.25, -0.2) is 0 Å². The highest BCUT2D eigenvalue weighted by atomic mass is 16.7. The molecule has 0 aromatic rings. The Bertz CT molecular complexity index is 841. The molecule has 4 aliphatic carbocycles. The molecule has 0 aromatic carbocycles. The second-order valence-corrected chi connectivity index (χ2v) is 13.7. The van der Waals surface area contributed by atoms with Crippen LogP contribution >= 0.6 is 0 Å². The third-order valence-electron chi connectivity index (χ3n) is 12.6. The van der Waals surface area contributed by atoms with E-state index in [0.717, 1.165) is 45.1 Å². The van der Waals surface area contributed by atoms with Crippen molar-refractivity contribution in [3.05, 3.63) is 0 Å². The maximum Gasteiger partial charge on any atom is 0.306 e. The summed E-state index contributed by atoms with van der Waals surface area (Å²) in [4.78, 5) is 12.0. The Morgan fingerprint density at radius 1 is 0.972 bits per heavy atom. The van der Waals surface area contributed by atoms with Crippen molar-refractivity contribution >= 4 is 5.97 Å². The summed E-state index contributed by atoms with van der Waals surface area (Å²) >= 11 is 0. The van der Waals surface area contributed by atoms with Gasteiger partial charge in [0.25, 0.3) is 0 Å². The first-order valence-corrected chi connectivity index (χ1v) is 14.9. The van der Waals surface area contributed by atoms with Crippen LogP contribution < -0.4 is 0 Å². The lowest BCUT2D eigenvalue weighted by molar-refractivity contribution is -0.342. The van der Waals surface area contributed by atoms with Gasteiger partial charge in [-0.1, -0.05) is 20.8 Å². The zero-order valence-corrected chi connectivity index (χ0v) is 22.9. The second kappa shape index (κ2) is 9.20. The maximum absolute atomic E-state index is 12.0. The topological polar surface area (TPSA) is 74.2 Å². The number of rotatable bonds is 5. The second-order valence-electron chi connectivity index (χ2n) is 13.7. The number of carbonyl (C=O) groups is 1. The van der Waals surface area contributed by atoms with Crippen LogP contribution in [0.15, 0.2) is 0 Å². The molecule has 1 N–H and O–H groups in total. The highest BCUT2D eigenvalue weighted by Gasteiger charge is 2.73. The molecule has 4 saturated carbocycles. The van der Waals surface area contributed by atoms with Gasteiger partial charge in [0, 0.05) is 25.0 Å². The number of hydrogen-bond donors (Lipinski definition) is 1. The molecule has 6 unspecified atom stereocenters. The third-order valence-corrected chi connectivity index (χ3v) is 12.6. The Hall–Kier alpha value is -0.690. The Kier molecular flexibility index (Phi) is 6.54. The summed E-state index contributed by atoms with van der Waals surface area (Å²) in [6, 6.07) is 0.